The molecule has 1 aromatic heterocycles. The predicted octanol–water partition coefficient (Wildman–Crippen LogP) is 3.96. The smallest absolute Gasteiger partial charge is 0.233 e. The van der Waals surface area contributed by atoms with Gasteiger partial charge in [0.05, 0.1) is 5.75 Å². The van der Waals surface area contributed by atoms with E-state index in [0.29, 0.717) is 11.7 Å². The van der Waals surface area contributed by atoms with Gasteiger partial charge in [0.25, 0.3) is 0 Å². The third-order valence-corrected chi connectivity index (χ3v) is 5.55. The summed E-state index contributed by atoms with van der Waals surface area (Å²) >= 11 is 5.18. The highest BCUT2D eigenvalue weighted by molar-refractivity contribution is 9.10. The number of carbonyl (C=O) groups excluding carboxylic acids is 1. The van der Waals surface area contributed by atoms with E-state index >= 15 is 0 Å². The van der Waals surface area contributed by atoms with Crippen LogP contribution in [0.15, 0.2) is 53.3 Å². The molecule has 120 valence electrons. The number of amides is 1. The molecule has 0 spiro atoms. The number of halogens is 1. The van der Waals surface area contributed by atoms with Gasteiger partial charge >= 0.3 is 0 Å². The molecule has 5 heteroatoms. The molecule has 1 saturated heterocycles. The lowest BCUT2D eigenvalue weighted by Crippen LogP contribution is -2.34. The van der Waals surface area contributed by atoms with Crippen molar-refractivity contribution in [2.45, 2.75) is 19.2 Å². The van der Waals surface area contributed by atoms with Crippen molar-refractivity contribution >= 4 is 33.6 Å². The van der Waals surface area contributed by atoms with Crippen LogP contribution < -0.4 is 4.57 Å². The zero-order valence-electron chi connectivity index (χ0n) is 13.3. The highest BCUT2D eigenvalue weighted by Crippen LogP contribution is 2.38. The predicted molar refractivity (Wildman–Crippen MR) is 97.4 cm³/mol. The Balaban J connectivity index is 1.90. The summed E-state index contributed by atoms with van der Waals surface area (Å²) in [5, 5.41) is 0.118. The minimum atomic E-state index is 0.118. The molecule has 3 nitrogen and oxygen atoms in total. The zero-order valence-corrected chi connectivity index (χ0v) is 15.7. The first-order valence-electron chi connectivity index (χ1n) is 7.73. The van der Waals surface area contributed by atoms with Gasteiger partial charge in [-0.1, -0.05) is 29.8 Å². The summed E-state index contributed by atoms with van der Waals surface area (Å²) in [7, 11) is 0. The molecule has 1 aromatic carbocycles. The topological polar surface area (TPSA) is 24.2 Å². The second-order valence-corrected chi connectivity index (χ2v) is 8.11. The number of carbonyl (C=O) groups is 1. The van der Waals surface area contributed by atoms with Crippen molar-refractivity contribution in [1.82, 2.24) is 4.90 Å². The number of hydrogen-bond acceptors (Lipinski definition) is 2. The number of thioether (sulfide) groups is 1. The summed E-state index contributed by atoms with van der Waals surface area (Å²) in [6, 6.07) is 12.4. The van der Waals surface area contributed by atoms with Gasteiger partial charge < -0.3 is 4.90 Å². The molecular formula is C18H20BrN2OS+. The second-order valence-electron chi connectivity index (χ2n) is 6.12. The summed E-state index contributed by atoms with van der Waals surface area (Å²) in [6.45, 7) is 5.12. The number of benzene rings is 1. The average Bonchev–Trinajstić information content (AvgIpc) is 2.89. The summed E-state index contributed by atoms with van der Waals surface area (Å²) in [5.41, 5.74) is 2.28. The average molecular weight is 392 g/mol. The molecule has 0 radical (unpaired) electrons. The van der Waals surface area contributed by atoms with Gasteiger partial charge in [0.15, 0.2) is 12.4 Å². The van der Waals surface area contributed by atoms with Crippen LogP contribution in [0.1, 0.15) is 24.8 Å². The van der Waals surface area contributed by atoms with Crippen LogP contribution in [0.2, 0.25) is 0 Å². The molecule has 0 N–H and O–H groups in total. The summed E-state index contributed by atoms with van der Waals surface area (Å²) in [6.07, 6.45) is 4.17. The number of aromatic nitrogens is 1. The van der Waals surface area contributed by atoms with Crippen LogP contribution >= 0.6 is 27.7 Å². The van der Waals surface area contributed by atoms with Crippen molar-refractivity contribution in [3.63, 3.8) is 0 Å². The lowest BCUT2D eigenvalue weighted by atomic mass is 10.2. The molecule has 23 heavy (non-hydrogen) atoms. The van der Waals surface area contributed by atoms with Crippen LogP contribution in [-0.2, 0) is 4.79 Å². The number of rotatable bonds is 4. The van der Waals surface area contributed by atoms with Crippen LogP contribution in [0, 0.1) is 5.92 Å². The number of hydrogen-bond donors (Lipinski definition) is 0. The van der Waals surface area contributed by atoms with Crippen molar-refractivity contribution in [2.75, 3.05) is 12.3 Å². The number of pyridine rings is 1. The van der Waals surface area contributed by atoms with Crippen molar-refractivity contribution in [3.05, 3.63) is 58.8 Å². The molecule has 0 bridgehead atoms. The van der Waals surface area contributed by atoms with Gasteiger partial charge in [-0.15, -0.1) is 11.8 Å². The highest BCUT2D eigenvalue weighted by Gasteiger charge is 2.34. The van der Waals surface area contributed by atoms with E-state index in [9.17, 15) is 4.79 Å². The molecule has 2 aromatic rings. The molecule has 1 fully saturated rings. The maximum Gasteiger partial charge on any atom is 0.233 e. The number of nitrogens with zero attached hydrogens (tertiary/aromatic N) is 2. The molecule has 0 aliphatic carbocycles. The van der Waals surface area contributed by atoms with Gasteiger partial charge in [-0.3, -0.25) is 4.79 Å². The molecule has 1 aliphatic rings. The fourth-order valence-corrected chi connectivity index (χ4v) is 4.18. The quantitative estimate of drug-likeness (QED) is 0.736. The van der Waals surface area contributed by atoms with E-state index in [2.05, 4.69) is 58.7 Å². The van der Waals surface area contributed by atoms with Crippen molar-refractivity contribution in [3.8, 4) is 5.69 Å². The zero-order chi connectivity index (χ0) is 16.4. The van der Waals surface area contributed by atoms with Gasteiger partial charge in [-0.05, 0) is 24.1 Å². The summed E-state index contributed by atoms with van der Waals surface area (Å²) in [4.78, 5) is 14.2. The first-order valence-corrected chi connectivity index (χ1v) is 9.57. The normalized spacial score (nSPS) is 18.0. The Labute approximate surface area is 149 Å². The van der Waals surface area contributed by atoms with Crippen LogP contribution in [0.5, 0.6) is 0 Å². The Kier molecular flexibility index (Phi) is 5.07. The van der Waals surface area contributed by atoms with E-state index < -0.39 is 0 Å². The fraction of sp³-hybridized carbons (Fsp3) is 0.333. The van der Waals surface area contributed by atoms with E-state index in [1.54, 1.807) is 11.8 Å². The van der Waals surface area contributed by atoms with E-state index in [4.69, 9.17) is 0 Å². The Hall–Kier alpha value is -1.33. The maximum absolute atomic E-state index is 12.2. The fourth-order valence-electron chi connectivity index (χ4n) is 2.73. The van der Waals surface area contributed by atoms with Crippen LogP contribution in [0.4, 0.5) is 0 Å². The van der Waals surface area contributed by atoms with Gasteiger partial charge in [0.2, 0.25) is 11.6 Å². The minimum Gasteiger partial charge on any atom is -0.325 e. The van der Waals surface area contributed by atoms with Crippen LogP contribution in [0.25, 0.3) is 5.69 Å². The monoisotopic (exact) mass is 391 g/mol. The SMILES string of the molecule is CC(C)CN1C(=O)CSC1c1ccc[n+](-c2ccc(Br)cc2)c1. The van der Waals surface area contributed by atoms with E-state index in [-0.39, 0.29) is 11.3 Å². The van der Waals surface area contributed by atoms with Gasteiger partial charge in [-0.2, -0.15) is 4.57 Å². The lowest BCUT2D eigenvalue weighted by Gasteiger charge is -2.25. The Morgan fingerprint density at radius 3 is 2.74 bits per heavy atom. The first-order chi connectivity index (χ1) is 11.0. The van der Waals surface area contributed by atoms with Crippen molar-refractivity contribution < 1.29 is 9.36 Å². The van der Waals surface area contributed by atoms with Crippen LogP contribution in [-0.4, -0.2) is 23.1 Å². The Morgan fingerprint density at radius 1 is 1.30 bits per heavy atom. The van der Waals surface area contributed by atoms with E-state index in [0.717, 1.165) is 16.7 Å². The first kappa shape index (κ1) is 16.5. The lowest BCUT2D eigenvalue weighted by molar-refractivity contribution is -0.596. The standard InChI is InChI=1S/C18H20BrN2OS/c1-13(2)10-21-17(22)12-23-18(21)14-4-3-9-20(11-14)16-7-5-15(19)6-8-16/h3-9,11,13,18H,10,12H2,1-2H3/q+1. The van der Waals surface area contributed by atoms with Gasteiger partial charge in [0, 0.05) is 34.8 Å². The molecule has 1 aliphatic heterocycles. The van der Waals surface area contributed by atoms with Crippen LogP contribution in [0.3, 0.4) is 0 Å². The third kappa shape index (κ3) is 3.78. The summed E-state index contributed by atoms with van der Waals surface area (Å²) < 4.78 is 3.18. The Morgan fingerprint density at radius 2 is 2.04 bits per heavy atom. The molecule has 0 saturated carbocycles. The molecule has 1 amide bonds. The van der Waals surface area contributed by atoms with Gasteiger partial charge in [-0.25, -0.2) is 0 Å². The highest BCUT2D eigenvalue weighted by atomic mass is 79.9. The second kappa shape index (κ2) is 7.05. The maximum atomic E-state index is 12.2. The molecule has 2 heterocycles. The molecular weight excluding hydrogens is 372 g/mol. The molecule has 3 rings (SSSR count). The van der Waals surface area contributed by atoms with Gasteiger partial charge in [0.1, 0.15) is 5.37 Å². The Bertz CT molecular complexity index is 702. The van der Waals surface area contributed by atoms with Crippen molar-refractivity contribution in [1.29, 1.82) is 0 Å². The minimum absolute atomic E-state index is 0.118. The molecule has 1 unspecified atom stereocenters. The van der Waals surface area contributed by atoms with E-state index in [1.165, 1.54) is 5.56 Å². The van der Waals surface area contributed by atoms with Crippen molar-refractivity contribution in [2.24, 2.45) is 5.92 Å². The third-order valence-electron chi connectivity index (χ3n) is 3.76. The largest absolute Gasteiger partial charge is 0.325 e. The van der Waals surface area contributed by atoms with E-state index in [1.807, 2.05) is 29.3 Å². The molecule has 1 atom stereocenters. The summed E-state index contributed by atoms with van der Waals surface area (Å²) in [5.74, 6) is 1.29.